The fourth-order valence-corrected chi connectivity index (χ4v) is 5.15. The molecule has 0 spiro atoms. The summed E-state index contributed by atoms with van der Waals surface area (Å²) in [5.74, 6) is 0. The summed E-state index contributed by atoms with van der Waals surface area (Å²) in [4.78, 5) is 32.0. The quantitative estimate of drug-likeness (QED) is 0.637. The molecule has 35 heavy (non-hydrogen) atoms. The van der Waals surface area contributed by atoms with Gasteiger partial charge in [-0.05, 0) is 63.4 Å². The summed E-state index contributed by atoms with van der Waals surface area (Å²) in [5.41, 5.74) is 5.33. The topological polar surface area (TPSA) is 67.9 Å². The van der Waals surface area contributed by atoms with Crippen LogP contribution in [0.5, 0.6) is 0 Å². The lowest BCUT2D eigenvalue weighted by Gasteiger charge is -2.39. The van der Waals surface area contributed by atoms with Crippen molar-refractivity contribution in [3.8, 4) is 0 Å². The zero-order chi connectivity index (χ0) is 24.9. The average Bonchev–Trinajstić information content (AvgIpc) is 2.86. The summed E-state index contributed by atoms with van der Waals surface area (Å²) in [6.45, 7) is 9.29. The van der Waals surface area contributed by atoms with E-state index in [0.717, 1.165) is 49.3 Å². The van der Waals surface area contributed by atoms with Gasteiger partial charge in [0.1, 0.15) is 0 Å². The van der Waals surface area contributed by atoms with Gasteiger partial charge in [0.05, 0.1) is 6.04 Å². The van der Waals surface area contributed by atoms with Crippen LogP contribution in [0.2, 0.25) is 0 Å². The molecule has 2 N–H and O–H groups in total. The summed E-state index contributed by atoms with van der Waals surface area (Å²) in [7, 11) is 2.12. The van der Waals surface area contributed by atoms with Gasteiger partial charge in [-0.3, -0.25) is 0 Å². The number of piperidine rings is 1. The van der Waals surface area contributed by atoms with Gasteiger partial charge in [0.15, 0.2) is 0 Å². The first-order chi connectivity index (χ1) is 16.9. The van der Waals surface area contributed by atoms with E-state index in [1.165, 1.54) is 16.2 Å². The Morgan fingerprint density at radius 3 is 2.37 bits per heavy atom. The third-order valence-electron chi connectivity index (χ3n) is 7.39. The molecule has 2 aliphatic heterocycles. The largest absolute Gasteiger partial charge is 0.371 e. The van der Waals surface area contributed by atoms with Gasteiger partial charge < -0.3 is 20.4 Å². The molecule has 0 bridgehead atoms. The fraction of sp³-hybridized carbons (Fsp3) is 0.429. The van der Waals surface area contributed by atoms with Crippen molar-refractivity contribution in [1.82, 2.24) is 20.4 Å². The number of para-hydroxylation sites is 1. The number of urea groups is 2. The van der Waals surface area contributed by atoms with E-state index < -0.39 is 12.1 Å². The van der Waals surface area contributed by atoms with E-state index >= 15 is 0 Å². The van der Waals surface area contributed by atoms with Gasteiger partial charge >= 0.3 is 12.1 Å². The predicted octanol–water partition coefficient (Wildman–Crippen LogP) is 4.67. The molecule has 186 valence electrons. The van der Waals surface area contributed by atoms with Crippen LogP contribution in [0.1, 0.15) is 43.9 Å². The Hall–Kier alpha value is -3.32. The number of aryl methyl sites for hydroxylation is 1. The molecule has 0 saturated carbocycles. The minimum absolute atomic E-state index is 0.369. The molecule has 2 aromatic carbocycles. The van der Waals surface area contributed by atoms with Crippen molar-refractivity contribution in [3.63, 3.8) is 0 Å². The highest BCUT2D eigenvalue weighted by Crippen LogP contribution is 2.33. The van der Waals surface area contributed by atoms with E-state index in [2.05, 4.69) is 58.7 Å². The number of anilines is 1. The summed E-state index contributed by atoms with van der Waals surface area (Å²) in [6.07, 6.45) is 2.18. The molecule has 1 saturated heterocycles. The van der Waals surface area contributed by atoms with Crippen molar-refractivity contribution in [2.75, 3.05) is 38.1 Å². The number of hydrogen-bond donors (Lipinski definition) is 2. The van der Waals surface area contributed by atoms with E-state index in [4.69, 9.17) is 0 Å². The van der Waals surface area contributed by atoms with Crippen LogP contribution in [0.3, 0.4) is 0 Å². The van der Waals surface area contributed by atoms with Gasteiger partial charge in [-0.2, -0.15) is 0 Å². The number of allylic oxidation sites excluding steroid dienone is 1. The monoisotopic (exact) mass is 475 g/mol. The fourth-order valence-electron chi connectivity index (χ4n) is 5.15. The molecule has 0 radical (unpaired) electrons. The maximum atomic E-state index is 13.1. The molecule has 1 atom stereocenters. The Bertz CT molecular complexity index is 1080. The minimum atomic E-state index is -0.409. The summed E-state index contributed by atoms with van der Waals surface area (Å²) < 4.78 is 0. The van der Waals surface area contributed by atoms with Gasteiger partial charge in [0.25, 0.3) is 0 Å². The van der Waals surface area contributed by atoms with Gasteiger partial charge in [-0.15, -0.1) is 0 Å². The molecule has 7 heteroatoms. The highest BCUT2D eigenvalue weighted by molar-refractivity contribution is 5.96. The first-order valence-corrected chi connectivity index (χ1v) is 12.5. The molecule has 2 heterocycles. The molecule has 2 aliphatic rings. The zero-order valence-electron chi connectivity index (χ0n) is 21.3. The number of nitrogens with zero attached hydrogens (tertiary/aromatic N) is 3. The maximum Gasteiger partial charge on any atom is 0.330 e. The van der Waals surface area contributed by atoms with Crippen LogP contribution in [-0.4, -0.2) is 61.1 Å². The molecule has 1 fully saturated rings. The normalized spacial score (nSPS) is 19.2. The van der Waals surface area contributed by atoms with E-state index in [1.54, 1.807) is 0 Å². The lowest BCUT2D eigenvalue weighted by molar-refractivity contribution is 0.168. The first kappa shape index (κ1) is 24.8. The zero-order valence-corrected chi connectivity index (χ0v) is 21.3. The summed E-state index contributed by atoms with van der Waals surface area (Å²) >= 11 is 0. The second-order valence-corrected chi connectivity index (χ2v) is 9.64. The van der Waals surface area contributed by atoms with E-state index in [1.807, 2.05) is 44.2 Å². The lowest BCUT2D eigenvalue weighted by Crippen LogP contribution is -2.54. The molecule has 7 nitrogen and oxygen atoms in total. The highest BCUT2D eigenvalue weighted by atomic mass is 16.2. The lowest BCUT2D eigenvalue weighted by atomic mass is 9.95. The number of carbonyl (C=O) groups excluding carboxylic acids is 2. The molecular formula is C28H37N5O2. The van der Waals surface area contributed by atoms with Crippen molar-refractivity contribution in [2.24, 2.45) is 0 Å². The Kier molecular flexibility index (Phi) is 7.76. The van der Waals surface area contributed by atoms with E-state index in [0.29, 0.717) is 12.6 Å². The molecule has 4 rings (SSSR count). The Morgan fingerprint density at radius 2 is 1.69 bits per heavy atom. The van der Waals surface area contributed by atoms with Crippen molar-refractivity contribution < 1.29 is 9.59 Å². The summed E-state index contributed by atoms with van der Waals surface area (Å²) in [6, 6.07) is 17.6. The van der Waals surface area contributed by atoms with Crippen molar-refractivity contribution in [2.45, 2.75) is 45.7 Å². The van der Waals surface area contributed by atoms with Gasteiger partial charge in [-0.25, -0.2) is 14.5 Å². The molecule has 0 aliphatic carbocycles. The number of likely N-dealkylation sites (N-methyl/N-ethyl adjacent to an activating group) is 1. The van der Waals surface area contributed by atoms with Crippen LogP contribution < -0.4 is 15.5 Å². The van der Waals surface area contributed by atoms with Crippen LogP contribution in [0, 0.1) is 6.92 Å². The molecule has 0 aromatic heterocycles. The predicted molar refractivity (Wildman–Crippen MR) is 140 cm³/mol. The number of rotatable bonds is 6. The van der Waals surface area contributed by atoms with Crippen LogP contribution in [0.25, 0.3) is 0 Å². The standard InChI is InChI=1S/C28H37N5O2/c1-20-10-8-9-13-25(20)32-17-14-24(15-18-32)31(4)19-16-29-27(34)33-26(23-11-6-5-7-12-23)21(2)22(3)30-28(33)35/h5-13,24,26H,14-19H2,1-4H3,(H,29,34)(H,30,35)/t26-/m1/s1. The van der Waals surface area contributed by atoms with E-state index in [9.17, 15) is 9.59 Å². The van der Waals surface area contributed by atoms with Crippen LogP contribution >= 0.6 is 0 Å². The number of imide groups is 1. The number of hydrogen-bond acceptors (Lipinski definition) is 4. The molecule has 4 amide bonds. The second-order valence-electron chi connectivity index (χ2n) is 9.64. The van der Waals surface area contributed by atoms with Gasteiger partial charge in [0.2, 0.25) is 0 Å². The van der Waals surface area contributed by atoms with Crippen molar-refractivity contribution >= 4 is 17.7 Å². The van der Waals surface area contributed by atoms with E-state index in [-0.39, 0.29) is 6.03 Å². The second kappa shape index (κ2) is 11.0. The number of carbonyl (C=O) groups is 2. The van der Waals surface area contributed by atoms with Crippen LogP contribution in [0.15, 0.2) is 65.9 Å². The minimum Gasteiger partial charge on any atom is -0.371 e. The van der Waals surface area contributed by atoms with Crippen molar-refractivity contribution in [1.29, 1.82) is 0 Å². The van der Waals surface area contributed by atoms with Crippen molar-refractivity contribution in [3.05, 3.63) is 77.0 Å². The Balaban J connectivity index is 1.31. The molecule has 2 aromatic rings. The molecular weight excluding hydrogens is 438 g/mol. The third-order valence-corrected chi connectivity index (χ3v) is 7.39. The average molecular weight is 476 g/mol. The third kappa shape index (κ3) is 5.51. The van der Waals surface area contributed by atoms with Crippen LogP contribution in [0.4, 0.5) is 15.3 Å². The number of benzene rings is 2. The number of nitrogens with one attached hydrogen (secondary N) is 2. The summed E-state index contributed by atoms with van der Waals surface area (Å²) in [5, 5.41) is 5.80. The van der Waals surface area contributed by atoms with Gasteiger partial charge in [-0.1, -0.05) is 48.5 Å². The molecule has 0 unspecified atom stereocenters. The smallest absolute Gasteiger partial charge is 0.330 e. The Morgan fingerprint density at radius 1 is 1.03 bits per heavy atom. The number of amides is 4. The van der Waals surface area contributed by atoms with Gasteiger partial charge in [0, 0.05) is 43.6 Å². The maximum absolute atomic E-state index is 13.1. The SMILES string of the molecule is CC1=C(C)[C@H](c2ccccc2)N(C(=O)NCCN(C)C2CCN(c3ccccc3C)CC2)C(=O)N1. The highest BCUT2D eigenvalue weighted by Gasteiger charge is 2.36. The Labute approximate surface area is 208 Å². The first-order valence-electron chi connectivity index (χ1n) is 12.5. The van der Waals surface area contributed by atoms with Crippen LogP contribution in [-0.2, 0) is 0 Å².